The van der Waals surface area contributed by atoms with Crippen LogP contribution in [0.5, 0.6) is 0 Å². The van der Waals surface area contributed by atoms with E-state index in [0.29, 0.717) is 11.3 Å². The van der Waals surface area contributed by atoms with Crippen LogP contribution >= 0.6 is 0 Å². The summed E-state index contributed by atoms with van der Waals surface area (Å²) in [7, 11) is -1.34. The van der Waals surface area contributed by atoms with E-state index in [-0.39, 0.29) is 5.73 Å². The number of aliphatic hydroxyl groups excluding tert-OH is 1. The maximum Gasteiger partial charge on any atom is 0.0781 e. The summed E-state index contributed by atoms with van der Waals surface area (Å²) in [6, 6.07) is 0. The molecule has 0 radical (unpaired) electrons. The van der Waals surface area contributed by atoms with Crippen molar-refractivity contribution in [2.24, 2.45) is 11.3 Å². The molecule has 0 aromatic rings. The highest BCUT2D eigenvalue weighted by atomic mass is 28.3. The molecular formula is C12H28OSi. The highest BCUT2D eigenvalue weighted by Crippen LogP contribution is 2.28. The van der Waals surface area contributed by atoms with Crippen molar-refractivity contribution in [2.45, 2.75) is 65.9 Å². The van der Waals surface area contributed by atoms with Gasteiger partial charge < -0.3 is 5.11 Å². The Hall–Kier alpha value is 0.177. The molecule has 0 aliphatic carbocycles. The van der Waals surface area contributed by atoms with Gasteiger partial charge in [-0.25, -0.2) is 0 Å². The van der Waals surface area contributed by atoms with Crippen LogP contribution in [-0.4, -0.2) is 18.9 Å². The summed E-state index contributed by atoms with van der Waals surface area (Å²) in [5, 5.41) is 10.0. The van der Waals surface area contributed by atoms with Gasteiger partial charge in [0.1, 0.15) is 0 Å². The molecule has 0 rings (SSSR count). The molecule has 0 bridgehead atoms. The van der Waals surface area contributed by atoms with Gasteiger partial charge in [0.2, 0.25) is 0 Å². The lowest BCUT2D eigenvalue weighted by Gasteiger charge is -2.29. The molecule has 1 N–H and O–H groups in total. The van der Waals surface area contributed by atoms with Gasteiger partial charge in [-0.2, -0.15) is 0 Å². The van der Waals surface area contributed by atoms with E-state index in [2.05, 4.69) is 47.3 Å². The fourth-order valence-corrected chi connectivity index (χ4v) is 2.97. The molecule has 2 unspecified atom stereocenters. The predicted octanol–water partition coefficient (Wildman–Crippen LogP) is 3.69. The largest absolute Gasteiger partial charge is 0.397 e. The van der Waals surface area contributed by atoms with Gasteiger partial charge in [0.05, 0.1) is 8.07 Å². The van der Waals surface area contributed by atoms with Crippen LogP contribution in [0.4, 0.5) is 0 Å². The van der Waals surface area contributed by atoms with E-state index in [4.69, 9.17) is 0 Å². The Bertz CT molecular complexity index is 164. The topological polar surface area (TPSA) is 20.2 Å². The van der Waals surface area contributed by atoms with Gasteiger partial charge in [-0.1, -0.05) is 47.3 Å². The quantitative estimate of drug-likeness (QED) is 0.711. The fraction of sp³-hybridized carbons (Fsp3) is 1.00. The Labute approximate surface area is 90.9 Å². The van der Waals surface area contributed by atoms with Crippen LogP contribution in [0.25, 0.3) is 0 Å². The van der Waals surface area contributed by atoms with Crippen LogP contribution in [0.3, 0.4) is 0 Å². The third kappa shape index (κ3) is 6.60. The second kappa shape index (κ2) is 4.80. The average Bonchev–Trinajstić information content (AvgIpc) is 1.79. The third-order valence-electron chi connectivity index (χ3n) is 2.59. The molecule has 2 atom stereocenters. The number of rotatable bonds is 4. The first-order valence-electron chi connectivity index (χ1n) is 5.70. The van der Waals surface area contributed by atoms with Crippen LogP contribution in [0.2, 0.25) is 19.6 Å². The van der Waals surface area contributed by atoms with Gasteiger partial charge in [0.15, 0.2) is 0 Å². The Kier molecular flexibility index (Phi) is 4.86. The normalized spacial score (nSPS) is 18.0. The minimum atomic E-state index is -1.34. The molecule has 14 heavy (non-hydrogen) atoms. The van der Waals surface area contributed by atoms with E-state index in [1.54, 1.807) is 0 Å². The van der Waals surface area contributed by atoms with Crippen molar-refractivity contribution in [1.82, 2.24) is 0 Å². The SMILES string of the molecule is CC(CC(O)[Si](C)(C)C)CC(C)(C)C. The molecule has 86 valence electrons. The summed E-state index contributed by atoms with van der Waals surface area (Å²) >= 11 is 0. The Morgan fingerprint density at radius 3 is 1.86 bits per heavy atom. The van der Waals surface area contributed by atoms with E-state index >= 15 is 0 Å². The molecule has 0 aliphatic heterocycles. The summed E-state index contributed by atoms with van der Waals surface area (Å²) in [5.74, 6) is 0.636. The molecule has 0 aromatic heterocycles. The van der Waals surface area contributed by atoms with Gasteiger partial charge in [-0.3, -0.25) is 0 Å². The molecule has 2 heteroatoms. The van der Waals surface area contributed by atoms with Gasteiger partial charge in [-0.05, 0) is 24.2 Å². The minimum Gasteiger partial charge on any atom is -0.397 e. The lowest BCUT2D eigenvalue weighted by molar-refractivity contribution is 0.188. The van der Waals surface area contributed by atoms with Gasteiger partial charge >= 0.3 is 0 Å². The van der Waals surface area contributed by atoms with E-state index < -0.39 is 8.07 Å². The van der Waals surface area contributed by atoms with Gasteiger partial charge in [-0.15, -0.1) is 0 Å². The summed E-state index contributed by atoms with van der Waals surface area (Å²) in [6.07, 6.45) is 2.18. The van der Waals surface area contributed by atoms with Gasteiger partial charge in [0, 0.05) is 5.73 Å². The zero-order valence-electron chi connectivity index (χ0n) is 11.0. The van der Waals surface area contributed by atoms with Crippen molar-refractivity contribution in [3.63, 3.8) is 0 Å². The first-order chi connectivity index (χ1) is 6.02. The second-order valence-corrected chi connectivity index (χ2v) is 12.4. The second-order valence-electron chi connectivity index (χ2n) is 6.99. The minimum absolute atomic E-state index is 0.0418. The van der Waals surface area contributed by atoms with Crippen molar-refractivity contribution in [3.05, 3.63) is 0 Å². The summed E-state index contributed by atoms with van der Waals surface area (Å²) in [5.41, 5.74) is 0.346. The molecular weight excluding hydrogens is 188 g/mol. The number of aliphatic hydroxyl groups is 1. The third-order valence-corrected chi connectivity index (χ3v) is 4.82. The summed E-state index contributed by atoms with van der Waals surface area (Å²) in [4.78, 5) is 0. The lowest BCUT2D eigenvalue weighted by Crippen LogP contribution is -2.39. The fourth-order valence-electron chi connectivity index (χ4n) is 1.86. The first kappa shape index (κ1) is 14.2. The van der Waals surface area contributed by atoms with E-state index in [1.165, 1.54) is 6.42 Å². The highest BCUT2D eigenvalue weighted by Gasteiger charge is 2.27. The Morgan fingerprint density at radius 1 is 1.14 bits per heavy atom. The lowest BCUT2D eigenvalue weighted by atomic mass is 9.84. The maximum absolute atomic E-state index is 10.0. The monoisotopic (exact) mass is 216 g/mol. The molecule has 0 saturated heterocycles. The van der Waals surface area contributed by atoms with E-state index in [1.807, 2.05) is 0 Å². The number of hydrogen-bond donors (Lipinski definition) is 1. The molecule has 0 saturated carbocycles. The molecule has 0 fully saturated rings. The van der Waals surface area contributed by atoms with Crippen molar-refractivity contribution >= 4 is 8.07 Å². The Balaban J connectivity index is 4.01. The van der Waals surface area contributed by atoms with Crippen molar-refractivity contribution in [3.8, 4) is 0 Å². The molecule has 0 heterocycles. The molecule has 0 amide bonds. The summed E-state index contributed by atoms with van der Waals surface area (Å²) in [6.45, 7) is 15.8. The molecule has 1 nitrogen and oxygen atoms in total. The molecule has 0 spiro atoms. The predicted molar refractivity (Wildman–Crippen MR) is 67.2 cm³/mol. The average molecular weight is 216 g/mol. The smallest absolute Gasteiger partial charge is 0.0781 e. The van der Waals surface area contributed by atoms with Crippen LogP contribution in [0, 0.1) is 11.3 Å². The summed E-state index contributed by atoms with van der Waals surface area (Å²) < 4.78 is 0. The molecule has 0 aliphatic rings. The zero-order valence-corrected chi connectivity index (χ0v) is 12.0. The highest BCUT2D eigenvalue weighted by molar-refractivity contribution is 6.77. The first-order valence-corrected chi connectivity index (χ1v) is 9.28. The van der Waals surface area contributed by atoms with Crippen LogP contribution in [0.1, 0.15) is 40.5 Å². The van der Waals surface area contributed by atoms with Crippen molar-refractivity contribution in [2.75, 3.05) is 0 Å². The van der Waals surface area contributed by atoms with Crippen LogP contribution in [0.15, 0.2) is 0 Å². The van der Waals surface area contributed by atoms with E-state index in [0.717, 1.165) is 6.42 Å². The number of hydrogen-bond acceptors (Lipinski definition) is 1. The van der Waals surface area contributed by atoms with Crippen molar-refractivity contribution in [1.29, 1.82) is 0 Å². The maximum atomic E-state index is 10.0. The standard InChI is InChI=1S/C12H28OSi/c1-10(9-12(2,3)4)8-11(13)14(5,6)7/h10-11,13H,8-9H2,1-7H3. The van der Waals surface area contributed by atoms with Crippen LogP contribution in [-0.2, 0) is 0 Å². The van der Waals surface area contributed by atoms with E-state index in [9.17, 15) is 5.11 Å². The Morgan fingerprint density at radius 2 is 1.57 bits per heavy atom. The molecule has 0 aromatic carbocycles. The zero-order chi connectivity index (χ0) is 11.6. The van der Waals surface area contributed by atoms with Gasteiger partial charge in [0.25, 0.3) is 0 Å². The van der Waals surface area contributed by atoms with Crippen LogP contribution < -0.4 is 0 Å². The van der Waals surface area contributed by atoms with Crippen molar-refractivity contribution < 1.29 is 5.11 Å².